The fourth-order valence-electron chi connectivity index (χ4n) is 1.49. The minimum Gasteiger partial charge on any atom is -0.449 e. The smallest absolute Gasteiger partial charge is 0.411 e. The number of ether oxygens (including phenoxy) is 1. The summed E-state index contributed by atoms with van der Waals surface area (Å²) in [5.41, 5.74) is 2.09. The number of hydrogen-bond acceptors (Lipinski definition) is 2. The quantitative estimate of drug-likeness (QED) is 0.848. The van der Waals surface area contributed by atoms with Crippen LogP contribution in [0.4, 0.5) is 10.5 Å². The predicted octanol–water partition coefficient (Wildman–Crippen LogP) is 4.58. The van der Waals surface area contributed by atoms with E-state index < -0.39 is 6.09 Å². The third-order valence-electron chi connectivity index (χ3n) is 2.63. The summed E-state index contributed by atoms with van der Waals surface area (Å²) in [5.74, 6) is 0. The highest BCUT2D eigenvalue weighted by molar-refractivity contribution is 5.84. The van der Waals surface area contributed by atoms with Gasteiger partial charge in [-0.2, -0.15) is 0 Å². The summed E-state index contributed by atoms with van der Waals surface area (Å²) in [4.78, 5) is 11.6. The van der Waals surface area contributed by atoms with Crippen LogP contribution >= 0.6 is 0 Å². The number of carbonyl (C=O) groups is 1. The third kappa shape index (κ3) is 5.77. The largest absolute Gasteiger partial charge is 0.449 e. The van der Waals surface area contributed by atoms with E-state index in [-0.39, 0.29) is 10.8 Å². The van der Waals surface area contributed by atoms with Crippen LogP contribution in [0.3, 0.4) is 0 Å². The van der Waals surface area contributed by atoms with Crippen LogP contribution in [0.5, 0.6) is 0 Å². The zero-order valence-electron chi connectivity index (χ0n) is 12.8. The summed E-state index contributed by atoms with van der Waals surface area (Å²) in [6, 6.07) is 7.86. The molecule has 0 spiro atoms. The van der Waals surface area contributed by atoms with Gasteiger partial charge in [0.15, 0.2) is 0 Å². The standard InChI is InChI=1S/C16H25NO2/c1-15(2,3)11-19-14(18)17-13-9-7-12(8-10-13)16(4,5)6/h7-10H,11H2,1-6H3,(H,17,18). The molecule has 1 rings (SSSR count). The van der Waals surface area contributed by atoms with Gasteiger partial charge in [-0.25, -0.2) is 4.79 Å². The summed E-state index contributed by atoms with van der Waals surface area (Å²) in [6.45, 7) is 13.0. The number of nitrogens with one attached hydrogen (secondary N) is 1. The Hall–Kier alpha value is -1.51. The second-order valence-corrected chi connectivity index (χ2v) is 7.09. The van der Waals surface area contributed by atoms with E-state index >= 15 is 0 Å². The van der Waals surface area contributed by atoms with Crippen molar-refractivity contribution in [1.82, 2.24) is 0 Å². The number of hydrogen-bond donors (Lipinski definition) is 1. The van der Waals surface area contributed by atoms with Crippen molar-refractivity contribution in [3.8, 4) is 0 Å². The molecule has 0 bridgehead atoms. The Kier molecular flexibility index (Phi) is 4.61. The van der Waals surface area contributed by atoms with Crippen LogP contribution in [0, 0.1) is 5.41 Å². The first-order valence-electron chi connectivity index (χ1n) is 6.62. The first-order chi connectivity index (χ1) is 8.58. The molecule has 0 aliphatic carbocycles. The minimum atomic E-state index is -0.404. The van der Waals surface area contributed by atoms with Crippen molar-refractivity contribution in [1.29, 1.82) is 0 Å². The highest BCUT2D eigenvalue weighted by Gasteiger charge is 2.15. The van der Waals surface area contributed by atoms with Crippen LogP contribution in [0.2, 0.25) is 0 Å². The van der Waals surface area contributed by atoms with Gasteiger partial charge in [-0.1, -0.05) is 53.7 Å². The van der Waals surface area contributed by atoms with Crippen LogP contribution in [0.15, 0.2) is 24.3 Å². The molecule has 0 radical (unpaired) electrons. The molecule has 0 aliphatic rings. The van der Waals surface area contributed by atoms with Gasteiger partial charge < -0.3 is 4.74 Å². The molecular weight excluding hydrogens is 238 g/mol. The van der Waals surface area contributed by atoms with E-state index in [1.165, 1.54) is 5.56 Å². The number of carbonyl (C=O) groups excluding carboxylic acids is 1. The fraction of sp³-hybridized carbons (Fsp3) is 0.562. The number of amides is 1. The van der Waals surface area contributed by atoms with Crippen molar-refractivity contribution in [2.75, 3.05) is 11.9 Å². The second kappa shape index (κ2) is 5.64. The molecule has 1 aromatic carbocycles. The molecule has 1 aromatic rings. The molecule has 3 heteroatoms. The number of benzene rings is 1. The Balaban J connectivity index is 2.56. The number of rotatable bonds is 2. The fourth-order valence-corrected chi connectivity index (χ4v) is 1.49. The molecule has 0 fully saturated rings. The van der Waals surface area contributed by atoms with Gasteiger partial charge in [-0.3, -0.25) is 5.32 Å². The van der Waals surface area contributed by atoms with Crippen LogP contribution < -0.4 is 5.32 Å². The highest BCUT2D eigenvalue weighted by atomic mass is 16.5. The van der Waals surface area contributed by atoms with Gasteiger partial charge in [0, 0.05) is 5.69 Å². The maximum atomic E-state index is 11.6. The van der Waals surface area contributed by atoms with E-state index in [9.17, 15) is 4.79 Å². The average molecular weight is 263 g/mol. The molecule has 0 atom stereocenters. The maximum Gasteiger partial charge on any atom is 0.411 e. The molecule has 0 saturated carbocycles. The van der Waals surface area contributed by atoms with Crippen LogP contribution in [0.25, 0.3) is 0 Å². The van der Waals surface area contributed by atoms with Crippen molar-refractivity contribution >= 4 is 11.8 Å². The highest BCUT2D eigenvalue weighted by Crippen LogP contribution is 2.23. The van der Waals surface area contributed by atoms with E-state index in [0.29, 0.717) is 6.61 Å². The molecule has 0 heterocycles. The zero-order chi connectivity index (χ0) is 14.7. The van der Waals surface area contributed by atoms with Gasteiger partial charge in [0.05, 0.1) is 6.61 Å². The van der Waals surface area contributed by atoms with Crippen molar-refractivity contribution in [3.63, 3.8) is 0 Å². The lowest BCUT2D eigenvalue weighted by molar-refractivity contribution is 0.118. The van der Waals surface area contributed by atoms with Crippen LogP contribution in [-0.2, 0) is 10.2 Å². The Morgan fingerprint density at radius 2 is 1.58 bits per heavy atom. The Bertz CT molecular complexity index is 422. The summed E-state index contributed by atoms with van der Waals surface area (Å²) >= 11 is 0. The summed E-state index contributed by atoms with van der Waals surface area (Å²) in [5, 5.41) is 2.73. The lowest BCUT2D eigenvalue weighted by atomic mass is 9.87. The van der Waals surface area contributed by atoms with Crippen molar-refractivity contribution in [3.05, 3.63) is 29.8 Å². The SMILES string of the molecule is CC(C)(C)COC(=O)Nc1ccc(C(C)(C)C)cc1. The number of anilines is 1. The summed E-state index contributed by atoms with van der Waals surface area (Å²) in [6.07, 6.45) is -0.404. The first kappa shape index (κ1) is 15.5. The Morgan fingerprint density at radius 1 is 1.05 bits per heavy atom. The lowest BCUT2D eigenvalue weighted by Gasteiger charge is -2.20. The molecule has 1 amide bonds. The van der Waals surface area contributed by atoms with Crippen LogP contribution in [0.1, 0.15) is 47.1 Å². The molecular formula is C16H25NO2. The lowest BCUT2D eigenvalue weighted by Crippen LogP contribution is -2.22. The molecule has 0 unspecified atom stereocenters. The average Bonchev–Trinajstić information content (AvgIpc) is 2.25. The predicted molar refractivity (Wildman–Crippen MR) is 79.6 cm³/mol. The zero-order valence-corrected chi connectivity index (χ0v) is 12.8. The van der Waals surface area contributed by atoms with E-state index in [2.05, 4.69) is 26.1 Å². The van der Waals surface area contributed by atoms with Gasteiger partial charge >= 0.3 is 6.09 Å². The molecule has 106 valence electrons. The van der Waals surface area contributed by atoms with Crippen molar-refractivity contribution < 1.29 is 9.53 Å². The Morgan fingerprint density at radius 3 is 2.00 bits per heavy atom. The van der Waals surface area contributed by atoms with Crippen molar-refractivity contribution in [2.24, 2.45) is 5.41 Å². The van der Waals surface area contributed by atoms with Gasteiger partial charge in [0.25, 0.3) is 0 Å². The monoisotopic (exact) mass is 263 g/mol. The van der Waals surface area contributed by atoms with E-state index in [1.54, 1.807) is 0 Å². The summed E-state index contributed by atoms with van der Waals surface area (Å²) in [7, 11) is 0. The third-order valence-corrected chi connectivity index (χ3v) is 2.63. The normalized spacial score (nSPS) is 12.1. The first-order valence-corrected chi connectivity index (χ1v) is 6.62. The molecule has 19 heavy (non-hydrogen) atoms. The Labute approximate surface area is 116 Å². The molecule has 1 N–H and O–H groups in total. The topological polar surface area (TPSA) is 38.3 Å². The van der Waals surface area contributed by atoms with Crippen molar-refractivity contribution in [2.45, 2.75) is 47.0 Å². The molecule has 0 aliphatic heterocycles. The molecule has 0 saturated heterocycles. The van der Waals surface area contributed by atoms with Gasteiger partial charge in [0.1, 0.15) is 0 Å². The second-order valence-electron chi connectivity index (χ2n) is 7.09. The summed E-state index contributed by atoms with van der Waals surface area (Å²) < 4.78 is 5.16. The molecule has 0 aromatic heterocycles. The van der Waals surface area contributed by atoms with E-state index in [0.717, 1.165) is 5.69 Å². The molecule has 3 nitrogen and oxygen atoms in total. The van der Waals surface area contributed by atoms with Gasteiger partial charge in [-0.05, 0) is 28.5 Å². The van der Waals surface area contributed by atoms with E-state index in [4.69, 9.17) is 4.74 Å². The van der Waals surface area contributed by atoms with Gasteiger partial charge in [-0.15, -0.1) is 0 Å². The van der Waals surface area contributed by atoms with Gasteiger partial charge in [0.2, 0.25) is 0 Å². The van der Waals surface area contributed by atoms with E-state index in [1.807, 2.05) is 45.0 Å². The van der Waals surface area contributed by atoms with Crippen LogP contribution in [-0.4, -0.2) is 12.7 Å². The minimum absolute atomic E-state index is 0.0204. The maximum absolute atomic E-state index is 11.6.